The molecule has 0 saturated carbocycles. The molecule has 0 aliphatic heterocycles. The van der Waals surface area contributed by atoms with Gasteiger partial charge in [-0.1, -0.05) is 32.0 Å². The number of aromatic nitrogens is 2. The number of likely N-dealkylation sites (N-methyl/N-ethyl adjacent to an activating group) is 1. The van der Waals surface area contributed by atoms with E-state index in [0.717, 1.165) is 23.2 Å². The molecule has 0 atom stereocenters. The molecule has 150 valence electrons. The first-order valence-electron chi connectivity index (χ1n) is 9.92. The molecule has 5 nitrogen and oxygen atoms in total. The van der Waals surface area contributed by atoms with Crippen molar-refractivity contribution in [2.24, 2.45) is 0 Å². The van der Waals surface area contributed by atoms with E-state index in [2.05, 4.69) is 54.3 Å². The molecule has 3 rings (SSSR count). The summed E-state index contributed by atoms with van der Waals surface area (Å²) in [5.74, 6) is 1.05. The van der Waals surface area contributed by atoms with Crippen LogP contribution in [0.5, 0.6) is 0 Å². The summed E-state index contributed by atoms with van der Waals surface area (Å²) < 4.78 is 0. The van der Waals surface area contributed by atoms with Gasteiger partial charge in [0.05, 0.1) is 0 Å². The van der Waals surface area contributed by atoms with Gasteiger partial charge >= 0.3 is 0 Å². The van der Waals surface area contributed by atoms with Crippen molar-refractivity contribution in [2.75, 3.05) is 18.9 Å². The second-order valence-corrected chi connectivity index (χ2v) is 7.58. The SMILES string of the molecule is Cc1cccc(C(C)C)c1Nc1cc(C(=O)N(C)CCc2ccncc2)ccn1. The Morgan fingerprint density at radius 2 is 1.86 bits per heavy atom. The highest BCUT2D eigenvalue weighted by molar-refractivity contribution is 5.94. The molecule has 0 radical (unpaired) electrons. The molecule has 0 aliphatic carbocycles. The molecule has 2 aromatic heterocycles. The average Bonchev–Trinajstić information content (AvgIpc) is 2.73. The zero-order valence-electron chi connectivity index (χ0n) is 17.5. The van der Waals surface area contributed by atoms with Gasteiger partial charge in [0.25, 0.3) is 5.91 Å². The number of nitrogens with zero attached hydrogens (tertiary/aromatic N) is 3. The van der Waals surface area contributed by atoms with Gasteiger partial charge in [0.15, 0.2) is 0 Å². The largest absolute Gasteiger partial charge is 0.341 e. The Hall–Kier alpha value is -3.21. The summed E-state index contributed by atoms with van der Waals surface area (Å²) in [7, 11) is 1.83. The zero-order valence-corrected chi connectivity index (χ0v) is 17.5. The van der Waals surface area contributed by atoms with Gasteiger partial charge in [0, 0.05) is 43.4 Å². The van der Waals surface area contributed by atoms with Gasteiger partial charge < -0.3 is 10.2 Å². The quantitative estimate of drug-likeness (QED) is 0.621. The molecule has 0 saturated heterocycles. The highest BCUT2D eigenvalue weighted by atomic mass is 16.2. The first-order valence-corrected chi connectivity index (χ1v) is 9.92. The number of carbonyl (C=O) groups is 1. The molecule has 1 N–H and O–H groups in total. The number of benzene rings is 1. The number of para-hydroxylation sites is 1. The minimum Gasteiger partial charge on any atom is -0.341 e. The monoisotopic (exact) mass is 388 g/mol. The van der Waals surface area contributed by atoms with E-state index < -0.39 is 0 Å². The summed E-state index contributed by atoms with van der Waals surface area (Å²) >= 11 is 0. The van der Waals surface area contributed by atoms with Crippen LogP contribution in [0.4, 0.5) is 11.5 Å². The lowest BCUT2D eigenvalue weighted by Crippen LogP contribution is -2.28. The summed E-state index contributed by atoms with van der Waals surface area (Å²) in [6, 6.07) is 13.8. The number of carbonyl (C=O) groups excluding carboxylic acids is 1. The van der Waals surface area contributed by atoms with Crippen LogP contribution in [-0.4, -0.2) is 34.4 Å². The molecule has 29 heavy (non-hydrogen) atoms. The Kier molecular flexibility index (Phi) is 6.60. The Labute approximate surface area is 172 Å². The number of hydrogen-bond donors (Lipinski definition) is 1. The number of aryl methyl sites for hydroxylation is 1. The summed E-state index contributed by atoms with van der Waals surface area (Å²) in [4.78, 5) is 23.1. The van der Waals surface area contributed by atoms with Crippen molar-refractivity contribution in [3.05, 3.63) is 83.3 Å². The van der Waals surface area contributed by atoms with Crippen LogP contribution in [0, 0.1) is 6.92 Å². The highest BCUT2D eigenvalue weighted by Crippen LogP contribution is 2.29. The molecule has 0 fully saturated rings. The van der Waals surface area contributed by atoms with E-state index in [4.69, 9.17) is 0 Å². The van der Waals surface area contributed by atoms with Gasteiger partial charge in [-0.15, -0.1) is 0 Å². The molecule has 5 heteroatoms. The van der Waals surface area contributed by atoms with Gasteiger partial charge in [-0.05, 0) is 60.2 Å². The molecule has 0 spiro atoms. The van der Waals surface area contributed by atoms with Crippen molar-refractivity contribution in [3.63, 3.8) is 0 Å². The number of amides is 1. The van der Waals surface area contributed by atoms with E-state index >= 15 is 0 Å². The number of nitrogens with one attached hydrogen (secondary N) is 1. The van der Waals surface area contributed by atoms with E-state index in [-0.39, 0.29) is 5.91 Å². The summed E-state index contributed by atoms with van der Waals surface area (Å²) in [5, 5.41) is 3.43. The standard InChI is InChI=1S/C24H28N4O/c1-17(2)21-7-5-6-18(3)23(21)27-22-16-20(10-14-26-22)24(29)28(4)15-11-19-8-12-25-13-9-19/h5-10,12-14,16-17H,11,15H2,1-4H3,(H,26,27). The normalized spacial score (nSPS) is 10.8. The zero-order chi connectivity index (χ0) is 20.8. The van der Waals surface area contributed by atoms with Crippen molar-refractivity contribution in [2.45, 2.75) is 33.1 Å². The Morgan fingerprint density at radius 1 is 1.10 bits per heavy atom. The van der Waals surface area contributed by atoms with Crippen LogP contribution in [0.25, 0.3) is 0 Å². The molecule has 3 aromatic rings. The second kappa shape index (κ2) is 9.32. The number of rotatable bonds is 7. The maximum atomic E-state index is 12.9. The van der Waals surface area contributed by atoms with Gasteiger partial charge in [0.1, 0.15) is 5.82 Å². The Bertz CT molecular complexity index is 970. The lowest BCUT2D eigenvalue weighted by Gasteiger charge is -2.19. The highest BCUT2D eigenvalue weighted by Gasteiger charge is 2.14. The number of anilines is 2. The van der Waals surface area contributed by atoms with Crippen LogP contribution >= 0.6 is 0 Å². The maximum Gasteiger partial charge on any atom is 0.253 e. The molecule has 1 aromatic carbocycles. The lowest BCUT2D eigenvalue weighted by molar-refractivity contribution is 0.0796. The Balaban J connectivity index is 1.73. The number of hydrogen-bond acceptors (Lipinski definition) is 4. The third-order valence-electron chi connectivity index (χ3n) is 5.02. The molecular weight excluding hydrogens is 360 g/mol. The van der Waals surface area contributed by atoms with Gasteiger partial charge in [-0.2, -0.15) is 0 Å². The third kappa shape index (κ3) is 5.19. The van der Waals surface area contributed by atoms with Crippen LogP contribution < -0.4 is 5.32 Å². The molecule has 0 bridgehead atoms. The molecule has 0 aliphatic rings. The predicted molar refractivity (Wildman–Crippen MR) is 118 cm³/mol. The molecule has 1 amide bonds. The summed E-state index contributed by atoms with van der Waals surface area (Å²) in [6.45, 7) is 7.06. The van der Waals surface area contributed by atoms with Gasteiger partial charge in [-0.3, -0.25) is 9.78 Å². The summed E-state index contributed by atoms with van der Waals surface area (Å²) in [5.41, 5.74) is 5.24. The van der Waals surface area contributed by atoms with Crippen LogP contribution in [0.3, 0.4) is 0 Å². The van der Waals surface area contributed by atoms with E-state index in [1.165, 1.54) is 5.56 Å². The second-order valence-electron chi connectivity index (χ2n) is 7.58. The van der Waals surface area contributed by atoms with E-state index in [9.17, 15) is 4.79 Å². The average molecular weight is 389 g/mol. The smallest absolute Gasteiger partial charge is 0.253 e. The fourth-order valence-corrected chi connectivity index (χ4v) is 3.27. The van der Waals surface area contributed by atoms with Crippen molar-refractivity contribution in [3.8, 4) is 0 Å². The van der Waals surface area contributed by atoms with Crippen LogP contribution in [0.2, 0.25) is 0 Å². The van der Waals surface area contributed by atoms with Gasteiger partial charge in [0.2, 0.25) is 0 Å². The number of pyridine rings is 2. The topological polar surface area (TPSA) is 58.1 Å². The van der Waals surface area contributed by atoms with Crippen molar-refractivity contribution in [1.29, 1.82) is 0 Å². The van der Waals surface area contributed by atoms with Crippen LogP contribution in [0.1, 0.15) is 46.8 Å². The van der Waals surface area contributed by atoms with E-state index in [1.807, 2.05) is 25.2 Å². The molecule has 2 heterocycles. The lowest BCUT2D eigenvalue weighted by atomic mass is 9.98. The van der Waals surface area contributed by atoms with Crippen LogP contribution in [-0.2, 0) is 6.42 Å². The van der Waals surface area contributed by atoms with Crippen molar-refractivity contribution in [1.82, 2.24) is 14.9 Å². The Morgan fingerprint density at radius 3 is 2.59 bits per heavy atom. The van der Waals surface area contributed by atoms with E-state index in [0.29, 0.717) is 23.8 Å². The fraction of sp³-hybridized carbons (Fsp3) is 0.292. The van der Waals surface area contributed by atoms with Crippen molar-refractivity contribution < 1.29 is 4.79 Å². The van der Waals surface area contributed by atoms with E-state index in [1.54, 1.807) is 29.6 Å². The third-order valence-corrected chi connectivity index (χ3v) is 5.02. The first-order chi connectivity index (χ1) is 14.0. The molecule has 0 unspecified atom stereocenters. The van der Waals surface area contributed by atoms with Gasteiger partial charge in [-0.25, -0.2) is 4.98 Å². The first kappa shape index (κ1) is 20.5. The minimum absolute atomic E-state index is 0.0154. The van der Waals surface area contributed by atoms with Crippen LogP contribution in [0.15, 0.2) is 61.1 Å². The predicted octanol–water partition coefficient (Wildman–Crippen LogP) is 4.97. The molecular formula is C24H28N4O. The minimum atomic E-state index is -0.0154. The summed E-state index contributed by atoms with van der Waals surface area (Å²) in [6.07, 6.45) is 6.02. The fourth-order valence-electron chi connectivity index (χ4n) is 3.27. The van der Waals surface area contributed by atoms with Crippen molar-refractivity contribution >= 4 is 17.4 Å². The maximum absolute atomic E-state index is 12.9.